The molecule has 0 fully saturated rings. The summed E-state index contributed by atoms with van der Waals surface area (Å²) >= 11 is 0. The van der Waals surface area contributed by atoms with Crippen LogP contribution in [-0.2, 0) is 6.42 Å². The quantitative estimate of drug-likeness (QED) is 0.826. The molecule has 0 aliphatic heterocycles. The molecule has 4 nitrogen and oxygen atoms in total. The van der Waals surface area contributed by atoms with E-state index in [1.807, 2.05) is 0 Å². The molecule has 0 saturated carbocycles. The number of aryl methyl sites for hydroxylation is 1. The molecule has 2 N–H and O–H groups in total. The minimum Gasteiger partial charge on any atom is -0.309 e. The van der Waals surface area contributed by atoms with E-state index in [0.29, 0.717) is 0 Å². The smallest absolute Gasteiger partial charge is 0.0997 e. The van der Waals surface area contributed by atoms with Gasteiger partial charge in [0.2, 0.25) is 0 Å². The lowest BCUT2D eigenvalue weighted by Gasteiger charge is -2.15. The van der Waals surface area contributed by atoms with Gasteiger partial charge in [-0.2, -0.15) is 15.4 Å². The van der Waals surface area contributed by atoms with Gasteiger partial charge in [-0.25, -0.2) is 0 Å². The molecule has 0 radical (unpaired) electrons. The maximum absolute atomic E-state index is 4.16. The average molecular weight is 230 g/mol. The highest BCUT2D eigenvalue weighted by Crippen LogP contribution is 2.16. The third kappa shape index (κ3) is 3.14. The van der Waals surface area contributed by atoms with Crippen LogP contribution in [0.25, 0.3) is 0 Å². The van der Waals surface area contributed by atoms with Crippen LogP contribution in [0, 0.1) is 6.92 Å². The van der Waals surface area contributed by atoms with Gasteiger partial charge in [-0.3, -0.25) is 0 Å². The van der Waals surface area contributed by atoms with Crippen molar-refractivity contribution in [1.29, 1.82) is 0 Å². The van der Waals surface area contributed by atoms with Crippen LogP contribution >= 0.6 is 0 Å². The van der Waals surface area contributed by atoms with Gasteiger partial charge < -0.3 is 5.32 Å². The zero-order chi connectivity index (χ0) is 12.1. The van der Waals surface area contributed by atoms with Crippen LogP contribution in [0.3, 0.4) is 0 Å². The van der Waals surface area contributed by atoms with E-state index >= 15 is 0 Å². The molecule has 17 heavy (non-hydrogen) atoms. The molecule has 1 unspecified atom stereocenters. The third-order valence-corrected chi connectivity index (χ3v) is 2.76. The predicted molar refractivity (Wildman–Crippen MR) is 67.7 cm³/mol. The van der Waals surface area contributed by atoms with Gasteiger partial charge in [-0.05, 0) is 25.5 Å². The first kappa shape index (κ1) is 11.8. The van der Waals surface area contributed by atoms with Gasteiger partial charge in [-0.15, -0.1) is 0 Å². The van der Waals surface area contributed by atoms with Crippen LogP contribution in [0.4, 0.5) is 0 Å². The molecule has 0 aliphatic carbocycles. The van der Waals surface area contributed by atoms with Gasteiger partial charge in [0.1, 0.15) is 0 Å². The lowest BCUT2D eigenvalue weighted by Crippen LogP contribution is -2.23. The highest BCUT2D eigenvalue weighted by atomic mass is 15.3. The van der Waals surface area contributed by atoms with Crippen molar-refractivity contribution in [3.05, 3.63) is 47.3 Å². The Morgan fingerprint density at radius 1 is 1.41 bits per heavy atom. The third-order valence-electron chi connectivity index (χ3n) is 2.76. The summed E-state index contributed by atoms with van der Waals surface area (Å²) in [5, 5.41) is 14.1. The van der Waals surface area contributed by atoms with Crippen molar-refractivity contribution in [2.24, 2.45) is 0 Å². The lowest BCUT2D eigenvalue weighted by atomic mass is 10.0. The summed E-state index contributed by atoms with van der Waals surface area (Å²) in [4.78, 5) is 0. The number of nitrogens with one attached hydrogen (secondary N) is 2. The Labute approximate surface area is 101 Å². The van der Waals surface area contributed by atoms with Crippen molar-refractivity contribution in [2.45, 2.75) is 26.3 Å². The first-order valence-corrected chi connectivity index (χ1v) is 5.94. The number of aromatic amines is 1. The number of likely N-dealkylation sites (N-methyl/N-ethyl adjacent to an activating group) is 1. The highest BCUT2D eigenvalue weighted by Gasteiger charge is 2.13. The van der Waals surface area contributed by atoms with Crippen LogP contribution in [0.15, 0.2) is 30.5 Å². The number of H-pyrrole nitrogens is 1. The summed E-state index contributed by atoms with van der Waals surface area (Å²) in [5.74, 6) is 0. The molecule has 1 atom stereocenters. The van der Waals surface area contributed by atoms with Crippen molar-refractivity contribution in [3.63, 3.8) is 0 Å². The fraction of sp³-hybridized carbons (Fsp3) is 0.385. The largest absolute Gasteiger partial charge is 0.309 e. The second kappa shape index (κ2) is 5.59. The summed E-state index contributed by atoms with van der Waals surface area (Å²) in [6.07, 6.45) is 2.71. The van der Waals surface area contributed by atoms with E-state index in [1.54, 1.807) is 6.20 Å². The zero-order valence-electron chi connectivity index (χ0n) is 10.3. The molecule has 4 heteroatoms. The van der Waals surface area contributed by atoms with E-state index in [0.717, 1.165) is 18.7 Å². The van der Waals surface area contributed by atoms with Crippen molar-refractivity contribution in [2.75, 3.05) is 6.54 Å². The van der Waals surface area contributed by atoms with Gasteiger partial charge in [-0.1, -0.05) is 36.8 Å². The summed E-state index contributed by atoms with van der Waals surface area (Å²) in [7, 11) is 0. The Morgan fingerprint density at radius 2 is 2.29 bits per heavy atom. The molecule has 1 aromatic heterocycles. The fourth-order valence-electron chi connectivity index (χ4n) is 1.98. The molecular formula is C13H18N4. The maximum Gasteiger partial charge on any atom is 0.0997 e. The molecule has 1 heterocycles. The first-order valence-electron chi connectivity index (χ1n) is 5.94. The molecule has 2 aromatic rings. The van der Waals surface area contributed by atoms with E-state index in [-0.39, 0.29) is 6.04 Å². The normalized spacial score (nSPS) is 12.6. The van der Waals surface area contributed by atoms with Gasteiger partial charge >= 0.3 is 0 Å². The van der Waals surface area contributed by atoms with Crippen molar-refractivity contribution in [3.8, 4) is 0 Å². The second-order valence-electron chi connectivity index (χ2n) is 4.20. The molecule has 0 saturated heterocycles. The number of hydrogen-bond donors (Lipinski definition) is 2. The SMILES string of the molecule is CCNC(Cc1cccc(C)c1)c1cn[nH]n1. The van der Waals surface area contributed by atoms with Gasteiger partial charge in [0.15, 0.2) is 0 Å². The van der Waals surface area contributed by atoms with Crippen molar-refractivity contribution in [1.82, 2.24) is 20.7 Å². The first-order chi connectivity index (χ1) is 8.29. The Hall–Kier alpha value is -1.68. The fourth-order valence-corrected chi connectivity index (χ4v) is 1.98. The Kier molecular flexibility index (Phi) is 3.88. The Bertz CT molecular complexity index is 450. The number of hydrogen-bond acceptors (Lipinski definition) is 3. The van der Waals surface area contributed by atoms with Gasteiger partial charge in [0.05, 0.1) is 17.9 Å². The van der Waals surface area contributed by atoms with Gasteiger partial charge in [0.25, 0.3) is 0 Å². The lowest BCUT2D eigenvalue weighted by molar-refractivity contribution is 0.535. The van der Waals surface area contributed by atoms with E-state index in [4.69, 9.17) is 0 Å². The monoisotopic (exact) mass is 230 g/mol. The van der Waals surface area contributed by atoms with E-state index in [1.165, 1.54) is 11.1 Å². The second-order valence-corrected chi connectivity index (χ2v) is 4.20. The van der Waals surface area contributed by atoms with Crippen LogP contribution in [-0.4, -0.2) is 22.0 Å². The molecule has 2 rings (SSSR count). The number of aromatic nitrogens is 3. The summed E-state index contributed by atoms with van der Waals surface area (Å²) in [6, 6.07) is 8.79. The number of benzene rings is 1. The molecular weight excluding hydrogens is 212 g/mol. The number of rotatable bonds is 5. The maximum atomic E-state index is 4.16. The number of nitrogens with zero attached hydrogens (tertiary/aromatic N) is 2. The predicted octanol–water partition coefficient (Wildman–Crippen LogP) is 2.01. The van der Waals surface area contributed by atoms with Crippen LogP contribution in [0.2, 0.25) is 0 Å². The summed E-state index contributed by atoms with van der Waals surface area (Å²) in [6.45, 7) is 5.13. The topological polar surface area (TPSA) is 53.6 Å². The minimum atomic E-state index is 0.223. The van der Waals surface area contributed by atoms with E-state index in [9.17, 15) is 0 Å². The standard InChI is InChI=1S/C13H18N4/c1-3-14-12(13-9-15-17-16-13)8-11-6-4-5-10(2)7-11/h4-7,9,12,14H,3,8H2,1-2H3,(H,15,16,17). The molecule has 0 aliphatic rings. The highest BCUT2D eigenvalue weighted by molar-refractivity contribution is 5.24. The minimum absolute atomic E-state index is 0.223. The summed E-state index contributed by atoms with van der Waals surface area (Å²) < 4.78 is 0. The molecule has 1 aromatic carbocycles. The molecule has 90 valence electrons. The summed E-state index contributed by atoms with van der Waals surface area (Å²) in [5.41, 5.74) is 3.57. The van der Waals surface area contributed by atoms with Crippen LogP contribution in [0.1, 0.15) is 29.8 Å². The van der Waals surface area contributed by atoms with Crippen molar-refractivity contribution < 1.29 is 0 Å². The van der Waals surface area contributed by atoms with Gasteiger partial charge in [0, 0.05) is 0 Å². The van der Waals surface area contributed by atoms with Crippen LogP contribution < -0.4 is 5.32 Å². The van der Waals surface area contributed by atoms with E-state index in [2.05, 4.69) is 58.8 Å². The Balaban J connectivity index is 2.13. The van der Waals surface area contributed by atoms with E-state index < -0.39 is 0 Å². The van der Waals surface area contributed by atoms with Crippen molar-refractivity contribution >= 4 is 0 Å². The Morgan fingerprint density at radius 3 is 2.94 bits per heavy atom. The van der Waals surface area contributed by atoms with Crippen LogP contribution in [0.5, 0.6) is 0 Å². The average Bonchev–Trinajstić information content (AvgIpc) is 2.82. The molecule has 0 amide bonds. The molecule has 0 bridgehead atoms. The molecule has 0 spiro atoms. The zero-order valence-corrected chi connectivity index (χ0v) is 10.3.